The zero-order valence-corrected chi connectivity index (χ0v) is 12.7. The molecule has 116 valence electrons. The number of benzene rings is 1. The molecule has 5 heteroatoms. The van der Waals surface area contributed by atoms with Crippen LogP contribution >= 0.6 is 0 Å². The number of amides is 1. The summed E-state index contributed by atoms with van der Waals surface area (Å²) in [7, 11) is 0. The van der Waals surface area contributed by atoms with Crippen LogP contribution in [0, 0.1) is 6.92 Å². The third-order valence-electron chi connectivity index (χ3n) is 4.25. The summed E-state index contributed by atoms with van der Waals surface area (Å²) in [6.07, 6.45) is 6.52. The Kier molecular flexibility index (Phi) is 4.24. The van der Waals surface area contributed by atoms with E-state index >= 15 is 0 Å². The van der Waals surface area contributed by atoms with Crippen LogP contribution in [0.2, 0.25) is 0 Å². The van der Waals surface area contributed by atoms with Gasteiger partial charge in [0.15, 0.2) is 0 Å². The van der Waals surface area contributed by atoms with Crippen molar-refractivity contribution >= 4 is 5.91 Å². The quantitative estimate of drug-likeness (QED) is 0.913. The standard InChI is InChI=1S/C17H21N3O2/c1-12-6-2-4-8-15(12)20-11-13(10-18-20)17(22)19-14-7-3-5-9-16(14)21/h2,4,6,8,10-11,14,16,21H,3,5,7,9H2,1H3,(H,19,22). The van der Waals surface area contributed by atoms with Gasteiger partial charge in [-0.25, -0.2) is 4.68 Å². The molecule has 1 aromatic carbocycles. The Hall–Kier alpha value is -2.14. The molecule has 0 radical (unpaired) electrons. The highest BCUT2D eigenvalue weighted by Crippen LogP contribution is 2.19. The van der Waals surface area contributed by atoms with Gasteiger partial charge in [0.25, 0.3) is 5.91 Å². The monoisotopic (exact) mass is 299 g/mol. The molecule has 1 amide bonds. The van der Waals surface area contributed by atoms with E-state index in [1.807, 2.05) is 31.2 Å². The molecule has 1 heterocycles. The maximum Gasteiger partial charge on any atom is 0.254 e. The van der Waals surface area contributed by atoms with Crippen molar-refractivity contribution in [3.05, 3.63) is 47.8 Å². The van der Waals surface area contributed by atoms with Gasteiger partial charge in [0, 0.05) is 6.20 Å². The molecule has 1 fully saturated rings. The van der Waals surface area contributed by atoms with Gasteiger partial charge in [-0.1, -0.05) is 31.0 Å². The van der Waals surface area contributed by atoms with E-state index in [0.717, 1.165) is 36.9 Å². The summed E-state index contributed by atoms with van der Waals surface area (Å²) in [6.45, 7) is 2.01. The zero-order chi connectivity index (χ0) is 15.5. The summed E-state index contributed by atoms with van der Waals surface area (Å²) < 4.78 is 1.71. The smallest absolute Gasteiger partial charge is 0.254 e. The number of carbonyl (C=O) groups is 1. The molecule has 0 saturated heterocycles. The minimum atomic E-state index is -0.441. The number of rotatable bonds is 3. The lowest BCUT2D eigenvalue weighted by Crippen LogP contribution is -2.44. The summed E-state index contributed by atoms with van der Waals surface area (Å²) in [5, 5.41) is 17.1. The molecule has 1 saturated carbocycles. The first-order chi connectivity index (χ1) is 10.6. The van der Waals surface area contributed by atoms with Gasteiger partial charge in [-0.3, -0.25) is 4.79 Å². The SMILES string of the molecule is Cc1ccccc1-n1cc(C(=O)NC2CCCCC2O)cn1. The average molecular weight is 299 g/mol. The van der Waals surface area contributed by atoms with Crippen LogP contribution in [-0.4, -0.2) is 32.9 Å². The molecular formula is C17H21N3O2. The fourth-order valence-electron chi connectivity index (χ4n) is 2.92. The van der Waals surface area contributed by atoms with Crippen molar-refractivity contribution in [3.63, 3.8) is 0 Å². The molecule has 1 aromatic heterocycles. The molecule has 3 rings (SSSR count). The van der Waals surface area contributed by atoms with Gasteiger partial charge in [-0.2, -0.15) is 5.10 Å². The Morgan fingerprint density at radius 1 is 1.32 bits per heavy atom. The van der Waals surface area contributed by atoms with E-state index in [1.54, 1.807) is 17.1 Å². The van der Waals surface area contributed by atoms with Gasteiger partial charge in [0.2, 0.25) is 0 Å². The molecule has 0 spiro atoms. The minimum absolute atomic E-state index is 0.150. The Morgan fingerprint density at radius 3 is 2.86 bits per heavy atom. The van der Waals surface area contributed by atoms with Crippen molar-refractivity contribution < 1.29 is 9.90 Å². The van der Waals surface area contributed by atoms with E-state index in [4.69, 9.17) is 0 Å². The van der Waals surface area contributed by atoms with Gasteiger partial charge in [-0.05, 0) is 31.4 Å². The Morgan fingerprint density at radius 2 is 2.09 bits per heavy atom. The third kappa shape index (κ3) is 3.04. The first kappa shape index (κ1) is 14.8. The van der Waals surface area contributed by atoms with Gasteiger partial charge < -0.3 is 10.4 Å². The van der Waals surface area contributed by atoms with Crippen LogP contribution in [0.25, 0.3) is 5.69 Å². The second-order valence-corrected chi connectivity index (χ2v) is 5.89. The molecule has 22 heavy (non-hydrogen) atoms. The van der Waals surface area contributed by atoms with Gasteiger partial charge in [-0.15, -0.1) is 0 Å². The van der Waals surface area contributed by atoms with E-state index in [2.05, 4.69) is 10.4 Å². The van der Waals surface area contributed by atoms with Gasteiger partial charge in [0.05, 0.1) is 29.6 Å². The number of para-hydroxylation sites is 1. The van der Waals surface area contributed by atoms with Crippen molar-refractivity contribution in [1.82, 2.24) is 15.1 Å². The predicted octanol–water partition coefficient (Wildman–Crippen LogP) is 2.21. The second kappa shape index (κ2) is 6.32. The lowest BCUT2D eigenvalue weighted by atomic mass is 9.92. The van der Waals surface area contributed by atoms with Crippen LogP contribution < -0.4 is 5.32 Å². The second-order valence-electron chi connectivity index (χ2n) is 5.89. The number of aliphatic hydroxyl groups excluding tert-OH is 1. The highest BCUT2D eigenvalue weighted by Gasteiger charge is 2.25. The molecule has 0 aliphatic heterocycles. The number of aliphatic hydroxyl groups is 1. The number of carbonyl (C=O) groups excluding carboxylic acids is 1. The third-order valence-corrected chi connectivity index (χ3v) is 4.25. The number of hydrogen-bond acceptors (Lipinski definition) is 3. The summed E-state index contributed by atoms with van der Waals surface area (Å²) in [5.74, 6) is -0.175. The van der Waals surface area contributed by atoms with Crippen LogP contribution in [0.4, 0.5) is 0 Å². The zero-order valence-electron chi connectivity index (χ0n) is 12.7. The fourth-order valence-corrected chi connectivity index (χ4v) is 2.92. The number of hydrogen-bond donors (Lipinski definition) is 2. The summed E-state index contributed by atoms with van der Waals surface area (Å²) in [5.41, 5.74) is 2.57. The van der Waals surface area contributed by atoms with Crippen LogP contribution in [0.5, 0.6) is 0 Å². The lowest BCUT2D eigenvalue weighted by molar-refractivity contribution is 0.0717. The van der Waals surface area contributed by atoms with Crippen LogP contribution in [-0.2, 0) is 0 Å². The normalized spacial score (nSPS) is 21.5. The van der Waals surface area contributed by atoms with Crippen molar-refractivity contribution in [1.29, 1.82) is 0 Å². The molecule has 1 aliphatic carbocycles. The van der Waals surface area contributed by atoms with E-state index in [9.17, 15) is 9.90 Å². The number of aryl methyl sites for hydroxylation is 1. The summed E-state index contributed by atoms with van der Waals surface area (Å²) in [4.78, 5) is 12.3. The van der Waals surface area contributed by atoms with Crippen LogP contribution in [0.3, 0.4) is 0 Å². The van der Waals surface area contributed by atoms with Gasteiger partial charge >= 0.3 is 0 Å². The maximum atomic E-state index is 12.3. The first-order valence-corrected chi connectivity index (χ1v) is 7.75. The fraction of sp³-hybridized carbons (Fsp3) is 0.412. The maximum absolute atomic E-state index is 12.3. The molecule has 2 atom stereocenters. The van der Waals surface area contributed by atoms with Crippen molar-refractivity contribution in [2.24, 2.45) is 0 Å². The first-order valence-electron chi connectivity index (χ1n) is 7.75. The minimum Gasteiger partial charge on any atom is -0.391 e. The van der Waals surface area contributed by atoms with Crippen LogP contribution in [0.1, 0.15) is 41.6 Å². The number of nitrogens with one attached hydrogen (secondary N) is 1. The average Bonchev–Trinajstić information content (AvgIpc) is 3.00. The largest absolute Gasteiger partial charge is 0.391 e. The molecule has 1 aliphatic rings. The highest BCUT2D eigenvalue weighted by molar-refractivity contribution is 5.94. The Balaban J connectivity index is 1.73. The van der Waals surface area contributed by atoms with E-state index in [0.29, 0.717) is 5.56 Å². The van der Waals surface area contributed by atoms with Gasteiger partial charge in [0.1, 0.15) is 0 Å². The topological polar surface area (TPSA) is 67.2 Å². The Labute approximate surface area is 130 Å². The van der Waals surface area contributed by atoms with E-state index in [-0.39, 0.29) is 11.9 Å². The highest BCUT2D eigenvalue weighted by atomic mass is 16.3. The molecule has 2 N–H and O–H groups in total. The van der Waals surface area contributed by atoms with Crippen molar-refractivity contribution in [3.8, 4) is 5.69 Å². The molecule has 2 unspecified atom stereocenters. The summed E-state index contributed by atoms with van der Waals surface area (Å²) >= 11 is 0. The molecule has 5 nitrogen and oxygen atoms in total. The molecular weight excluding hydrogens is 278 g/mol. The number of aromatic nitrogens is 2. The van der Waals surface area contributed by atoms with Crippen molar-refractivity contribution in [2.75, 3.05) is 0 Å². The van der Waals surface area contributed by atoms with E-state index < -0.39 is 6.10 Å². The van der Waals surface area contributed by atoms with Crippen LogP contribution in [0.15, 0.2) is 36.7 Å². The summed E-state index contributed by atoms with van der Waals surface area (Å²) in [6, 6.07) is 7.75. The Bertz CT molecular complexity index is 665. The van der Waals surface area contributed by atoms with E-state index in [1.165, 1.54) is 0 Å². The lowest BCUT2D eigenvalue weighted by Gasteiger charge is -2.28. The van der Waals surface area contributed by atoms with Crippen molar-refractivity contribution in [2.45, 2.75) is 44.8 Å². The molecule has 0 bridgehead atoms. The molecule has 2 aromatic rings. The number of nitrogens with zero attached hydrogens (tertiary/aromatic N) is 2. The predicted molar refractivity (Wildman–Crippen MR) is 84.0 cm³/mol.